The predicted octanol–water partition coefficient (Wildman–Crippen LogP) is 2.21. The number of aliphatic hydroxyl groups excluding tert-OH is 2. The average Bonchev–Trinajstić information content (AvgIpc) is 3.56. The van der Waals surface area contributed by atoms with Gasteiger partial charge in [-0.3, -0.25) is 4.79 Å². The van der Waals surface area contributed by atoms with Gasteiger partial charge in [0.25, 0.3) is 0 Å². The Morgan fingerprint density at radius 2 is 1.93 bits per heavy atom. The summed E-state index contributed by atoms with van der Waals surface area (Å²) in [5, 5.41) is 35.7. The van der Waals surface area contributed by atoms with Crippen molar-refractivity contribution in [3.8, 4) is 5.75 Å². The SMILES string of the molecule is C[C@H](Cc1cccc(CC(=O)NCC2CC2)c1)NC[C@@H](O)c1ccc(O)c(CO)c1. The molecule has 0 aliphatic heterocycles. The molecule has 1 aliphatic carbocycles. The van der Waals surface area contributed by atoms with Crippen LogP contribution in [0.15, 0.2) is 42.5 Å². The van der Waals surface area contributed by atoms with E-state index in [1.165, 1.54) is 18.9 Å². The molecule has 2 aromatic carbocycles. The Bertz CT molecular complexity index is 851. The van der Waals surface area contributed by atoms with Gasteiger partial charge in [0.1, 0.15) is 5.75 Å². The van der Waals surface area contributed by atoms with Crippen molar-refractivity contribution in [2.45, 2.75) is 51.4 Å². The fourth-order valence-electron chi connectivity index (χ4n) is 3.49. The average molecular weight is 413 g/mol. The first kappa shape index (κ1) is 22.3. The Morgan fingerprint density at radius 3 is 2.67 bits per heavy atom. The van der Waals surface area contributed by atoms with Gasteiger partial charge in [0.2, 0.25) is 5.91 Å². The van der Waals surface area contributed by atoms with Crippen LogP contribution in [-0.2, 0) is 24.2 Å². The lowest BCUT2D eigenvalue weighted by atomic mass is 10.0. The number of aliphatic hydroxyl groups is 2. The van der Waals surface area contributed by atoms with E-state index in [1.54, 1.807) is 12.1 Å². The van der Waals surface area contributed by atoms with Crippen molar-refractivity contribution in [3.63, 3.8) is 0 Å². The van der Waals surface area contributed by atoms with Crippen LogP contribution in [0, 0.1) is 5.92 Å². The van der Waals surface area contributed by atoms with Crippen molar-refractivity contribution in [1.82, 2.24) is 10.6 Å². The van der Waals surface area contributed by atoms with Gasteiger partial charge in [-0.1, -0.05) is 30.3 Å². The standard InChI is InChI=1S/C24H32N2O4/c1-16(25-14-23(29)20-7-8-22(28)21(12-20)15-27)9-18-3-2-4-19(10-18)11-24(30)26-13-17-5-6-17/h2-4,7-8,10,12,16-17,23,25,27-29H,5-6,9,11,13-15H2,1H3,(H,26,30)/t16-,23-/m1/s1. The summed E-state index contributed by atoms with van der Waals surface area (Å²) in [5.74, 6) is 0.778. The number of aromatic hydroxyl groups is 1. The van der Waals surface area contributed by atoms with Crippen molar-refractivity contribution in [3.05, 3.63) is 64.7 Å². The number of phenols is 1. The monoisotopic (exact) mass is 412 g/mol. The lowest BCUT2D eigenvalue weighted by Crippen LogP contribution is -2.32. The van der Waals surface area contributed by atoms with E-state index in [2.05, 4.69) is 23.6 Å². The highest BCUT2D eigenvalue weighted by Crippen LogP contribution is 2.27. The summed E-state index contributed by atoms with van der Waals surface area (Å²) >= 11 is 0. The second-order valence-electron chi connectivity index (χ2n) is 8.32. The molecule has 1 fully saturated rings. The molecule has 0 saturated heterocycles. The summed E-state index contributed by atoms with van der Waals surface area (Å²) in [4.78, 5) is 12.1. The second kappa shape index (κ2) is 10.6. The van der Waals surface area contributed by atoms with Crippen LogP contribution in [0.25, 0.3) is 0 Å². The van der Waals surface area contributed by atoms with Crippen LogP contribution >= 0.6 is 0 Å². The van der Waals surface area contributed by atoms with E-state index in [4.69, 9.17) is 0 Å². The van der Waals surface area contributed by atoms with Crippen molar-refractivity contribution in [2.75, 3.05) is 13.1 Å². The fraction of sp³-hybridized carbons (Fsp3) is 0.458. The number of carbonyl (C=O) groups is 1. The predicted molar refractivity (Wildman–Crippen MR) is 116 cm³/mol. The molecule has 1 aliphatic rings. The largest absolute Gasteiger partial charge is 0.508 e. The van der Waals surface area contributed by atoms with Crippen LogP contribution < -0.4 is 10.6 Å². The minimum atomic E-state index is -0.736. The molecule has 5 N–H and O–H groups in total. The molecule has 0 spiro atoms. The molecule has 30 heavy (non-hydrogen) atoms. The van der Waals surface area contributed by atoms with E-state index < -0.39 is 6.10 Å². The number of carbonyl (C=O) groups excluding carboxylic acids is 1. The molecule has 0 unspecified atom stereocenters. The molecule has 0 aromatic heterocycles. The maximum absolute atomic E-state index is 12.1. The topological polar surface area (TPSA) is 102 Å². The molecule has 0 heterocycles. The van der Waals surface area contributed by atoms with Gasteiger partial charge >= 0.3 is 0 Å². The van der Waals surface area contributed by atoms with Crippen molar-refractivity contribution in [2.24, 2.45) is 5.92 Å². The normalized spacial score (nSPS) is 15.6. The van der Waals surface area contributed by atoms with Gasteiger partial charge in [0, 0.05) is 24.7 Å². The summed E-state index contributed by atoms with van der Waals surface area (Å²) in [6.07, 6.45) is 2.89. The number of nitrogens with one attached hydrogen (secondary N) is 2. The maximum atomic E-state index is 12.1. The molecule has 162 valence electrons. The Hall–Kier alpha value is -2.41. The lowest BCUT2D eigenvalue weighted by Gasteiger charge is -2.18. The van der Waals surface area contributed by atoms with E-state index in [1.807, 2.05) is 18.2 Å². The quantitative estimate of drug-likeness (QED) is 0.390. The first-order valence-electron chi connectivity index (χ1n) is 10.6. The number of hydrogen-bond donors (Lipinski definition) is 5. The zero-order valence-electron chi connectivity index (χ0n) is 17.5. The molecular weight excluding hydrogens is 380 g/mol. The summed E-state index contributed by atoms with van der Waals surface area (Å²) in [6.45, 7) is 2.94. The zero-order chi connectivity index (χ0) is 21.5. The number of benzene rings is 2. The Kier molecular flexibility index (Phi) is 7.85. The van der Waals surface area contributed by atoms with Crippen LogP contribution in [0.2, 0.25) is 0 Å². The van der Waals surface area contributed by atoms with E-state index >= 15 is 0 Å². The van der Waals surface area contributed by atoms with Crippen molar-refractivity contribution in [1.29, 1.82) is 0 Å². The smallest absolute Gasteiger partial charge is 0.224 e. The molecule has 1 amide bonds. The highest BCUT2D eigenvalue weighted by atomic mass is 16.3. The van der Waals surface area contributed by atoms with Gasteiger partial charge in [0.05, 0.1) is 19.1 Å². The first-order chi connectivity index (χ1) is 14.4. The third-order valence-corrected chi connectivity index (χ3v) is 5.50. The van der Waals surface area contributed by atoms with Gasteiger partial charge < -0.3 is 26.0 Å². The molecule has 3 rings (SSSR count). The van der Waals surface area contributed by atoms with Gasteiger partial charge in [0.15, 0.2) is 0 Å². The molecule has 6 nitrogen and oxygen atoms in total. The minimum absolute atomic E-state index is 0.0240. The molecule has 2 atom stereocenters. The van der Waals surface area contributed by atoms with Crippen LogP contribution in [0.3, 0.4) is 0 Å². The molecule has 6 heteroatoms. The van der Waals surface area contributed by atoms with Gasteiger partial charge in [-0.15, -0.1) is 0 Å². The highest BCUT2D eigenvalue weighted by molar-refractivity contribution is 5.78. The van der Waals surface area contributed by atoms with Crippen LogP contribution in [0.1, 0.15) is 48.1 Å². The summed E-state index contributed by atoms with van der Waals surface area (Å²) in [6, 6.07) is 13.0. The van der Waals surface area contributed by atoms with Gasteiger partial charge in [-0.2, -0.15) is 0 Å². The van der Waals surface area contributed by atoms with E-state index in [-0.39, 0.29) is 24.3 Å². The zero-order valence-corrected chi connectivity index (χ0v) is 17.5. The van der Waals surface area contributed by atoms with Crippen LogP contribution in [-0.4, -0.2) is 40.4 Å². The third kappa shape index (κ3) is 6.83. The van der Waals surface area contributed by atoms with E-state index in [0.717, 1.165) is 24.1 Å². The second-order valence-corrected chi connectivity index (χ2v) is 8.32. The number of amides is 1. The van der Waals surface area contributed by atoms with E-state index in [9.17, 15) is 20.1 Å². The summed E-state index contributed by atoms with van der Waals surface area (Å²) in [7, 11) is 0. The van der Waals surface area contributed by atoms with Crippen molar-refractivity contribution < 1.29 is 20.1 Å². The molecule has 0 bridgehead atoms. The van der Waals surface area contributed by atoms with Crippen LogP contribution in [0.5, 0.6) is 5.75 Å². The van der Waals surface area contributed by atoms with Gasteiger partial charge in [-0.05, 0) is 60.9 Å². The van der Waals surface area contributed by atoms with E-state index in [0.29, 0.717) is 30.0 Å². The molecular formula is C24H32N2O4. The summed E-state index contributed by atoms with van der Waals surface area (Å²) in [5.41, 5.74) is 3.20. The highest BCUT2D eigenvalue weighted by Gasteiger charge is 2.21. The maximum Gasteiger partial charge on any atom is 0.224 e. The third-order valence-electron chi connectivity index (χ3n) is 5.50. The Balaban J connectivity index is 1.47. The minimum Gasteiger partial charge on any atom is -0.508 e. The van der Waals surface area contributed by atoms with Gasteiger partial charge in [-0.25, -0.2) is 0 Å². The number of hydrogen-bond acceptors (Lipinski definition) is 5. The fourth-order valence-corrected chi connectivity index (χ4v) is 3.49. The van der Waals surface area contributed by atoms with Crippen molar-refractivity contribution >= 4 is 5.91 Å². The van der Waals surface area contributed by atoms with Crippen LogP contribution in [0.4, 0.5) is 0 Å². The lowest BCUT2D eigenvalue weighted by molar-refractivity contribution is -0.120. The first-order valence-corrected chi connectivity index (χ1v) is 10.6. The summed E-state index contributed by atoms with van der Waals surface area (Å²) < 4.78 is 0. The Labute approximate surface area is 178 Å². The molecule has 0 radical (unpaired) electrons. The Morgan fingerprint density at radius 1 is 1.17 bits per heavy atom. The molecule has 2 aromatic rings. The number of rotatable bonds is 11. The molecule has 1 saturated carbocycles.